The number of anilines is 1. The molecule has 0 aliphatic rings. The summed E-state index contributed by atoms with van der Waals surface area (Å²) in [5.74, 6) is 0.351. The third-order valence-electron chi connectivity index (χ3n) is 3.03. The number of pyridine rings is 1. The van der Waals surface area contributed by atoms with E-state index in [0.717, 1.165) is 0 Å². The van der Waals surface area contributed by atoms with Crippen molar-refractivity contribution < 1.29 is 14.3 Å². The number of rotatable bonds is 7. The summed E-state index contributed by atoms with van der Waals surface area (Å²) in [6.45, 7) is 3.57. The van der Waals surface area contributed by atoms with Crippen LogP contribution in [-0.2, 0) is 4.74 Å². The Hall–Kier alpha value is -2.22. The Morgan fingerprint density at radius 3 is 2.60 bits per heavy atom. The predicted octanol–water partition coefficient (Wildman–Crippen LogP) is 3.28. The molecule has 0 fully saturated rings. The quantitative estimate of drug-likeness (QED) is 0.437. The first-order valence-corrected chi connectivity index (χ1v) is 8.41. The summed E-state index contributed by atoms with van der Waals surface area (Å²) in [7, 11) is 0. The molecule has 0 saturated carbocycles. The maximum atomic E-state index is 12.2. The van der Waals surface area contributed by atoms with E-state index < -0.39 is 0 Å². The Morgan fingerprint density at radius 1 is 1.20 bits per heavy atom. The number of hydrogen-bond donors (Lipinski definition) is 2. The van der Waals surface area contributed by atoms with Crippen molar-refractivity contribution in [1.29, 1.82) is 0 Å². The summed E-state index contributed by atoms with van der Waals surface area (Å²) >= 11 is 10.8. The van der Waals surface area contributed by atoms with E-state index in [1.54, 1.807) is 36.4 Å². The topological polar surface area (TPSA) is 72.5 Å². The summed E-state index contributed by atoms with van der Waals surface area (Å²) in [5.41, 5.74) is 1.10. The molecule has 0 aliphatic heterocycles. The van der Waals surface area contributed by atoms with Crippen molar-refractivity contribution >= 4 is 40.5 Å². The zero-order valence-corrected chi connectivity index (χ0v) is 15.2. The fourth-order valence-electron chi connectivity index (χ4n) is 1.85. The molecule has 25 heavy (non-hydrogen) atoms. The van der Waals surface area contributed by atoms with Gasteiger partial charge in [-0.05, 0) is 55.5 Å². The lowest BCUT2D eigenvalue weighted by Crippen LogP contribution is -2.34. The molecule has 0 aliphatic carbocycles. The smallest absolute Gasteiger partial charge is 0.257 e. The van der Waals surface area contributed by atoms with Gasteiger partial charge in [0.1, 0.15) is 17.5 Å². The van der Waals surface area contributed by atoms with Gasteiger partial charge in [-0.2, -0.15) is 0 Å². The van der Waals surface area contributed by atoms with E-state index in [-0.39, 0.29) is 11.0 Å². The van der Waals surface area contributed by atoms with E-state index in [9.17, 15) is 4.79 Å². The SMILES string of the molecule is CCOCCOc1ccc(C(=O)NC(=S)Nc2ccc(Cl)nc2)cc1. The normalized spacial score (nSPS) is 10.2. The molecule has 0 spiro atoms. The van der Waals surface area contributed by atoms with Crippen LogP contribution in [0.3, 0.4) is 0 Å². The second-order valence-corrected chi connectivity index (χ2v) is 5.64. The van der Waals surface area contributed by atoms with Gasteiger partial charge in [0.2, 0.25) is 0 Å². The predicted molar refractivity (Wildman–Crippen MR) is 101 cm³/mol. The molecule has 2 N–H and O–H groups in total. The molecular weight excluding hydrogens is 362 g/mol. The molecule has 8 heteroatoms. The summed E-state index contributed by atoms with van der Waals surface area (Å²) in [6, 6.07) is 10.1. The minimum atomic E-state index is -0.319. The van der Waals surface area contributed by atoms with Crippen LogP contribution in [0, 0.1) is 0 Å². The third kappa shape index (κ3) is 6.66. The van der Waals surface area contributed by atoms with Crippen molar-refractivity contribution in [3.8, 4) is 5.75 Å². The van der Waals surface area contributed by atoms with Crippen LogP contribution in [0.4, 0.5) is 5.69 Å². The maximum absolute atomic E-state index is 12.2. The van der Waals surface area contributed by atoms with Crippen molar-refractivity contribution in [3.63, 3.8) is 0 Å². The summed E-state index contributed by atoms with van der Waals surface area (Å²) in [6.07, 6.45) is 1.52. The molecule has 1 aromatic heterocycles. The molecule has 1 amide bonds. The van der Waals surface area contributed by atoms with Crippen LogP contribution in [0.1, 0.15) is 17.3 Å². The summed E-state index contributed by atoms with van der Waals surface area (Å²) < 4.78 is 10.7. The standard InChI is InChI=1S/C17H18ClN3O3S/c1-2-23-9-10-24-14-6-3-12(4-7-14)16(22)21-17(25)20-13-5-8-15(18)19-11-13/h3-8,11H,2,9-10H2,1H3,(H2,20,21,22,25). The first-order chi connectivity index (χ1) is 12.1. The lowest BCUT2D eigenvalue weighted by Gasteiger charge is -2.10. The van der Waals surface area contributed by atoms with E-state index in [1.807, 2.05) is 6.92 Å². The largest absolute Gasteiger partial charge is 0.491 e. The van der Waals surface area contributed by atoms with E-state index in [4.69, 9.17) is 33.3 Å². The fraction of sp³-hybridized carbons (Fsp3) is 0.235. The highest BCUT2D eigenvalue weighted by Crippen LogP contribution is 2.13. The maximum Gasteiger partial charge on any atom is 0.257 e. The number of nitrogens with one attached hydrogen (secondary N) is 2. The van der Waals surface area contributed by atoms with Gasteiger partial charge in [-0.3, -0.25) is 10.1 Å². The van der Waals surface area contributed by atoms with E-state index >= 15 is 0 Å². The molecular formula is C17H18ClN3O3S. The van der Waals surface area contributed by atoms with Gasteiger partial charge >= 0.3 is 0 Å². The van der Waals surface area contributed by atoms with Gasteiger partial charge in [0.15, 0.2) is 5.11 Å². The number of aromatic nitrogens is 1. The highest BCUT2D eigenvalue weighted by molar-refractivity contribution is 7.80. The van der Waals surface area contributed by atoms with Crippen LogP contribution >= 0.6 is 23.8 Å². The van der Waals surface area contributed by atoms with Crippen molar-refractivity contribution in [2.75, 3.05) is 25.1 Å². The molecule has 2 aromatic rings. The molecule has 0 bridgehead atoms. The first-order valence-electron chi connectivity index (χ1n) is 7.63. The minimum absolute atomic E-state index is 0.172. The molecule has 0 unspecified atom stereocenters. The Labute approximate surface area is 156 Å². The van der Waals surface area contributed by atoms with Gasteiger partial charge in [0.25, 0.3) is 5.91 Å². The molecule has 0 atom stereocenters. The van der Waals surface area contributed by atoms with Crippen LogP contribution < -0.4 is 15.4 Å². The summed E-state index contributed by atoms with van der Waals surface area (Å²) in [5, 5.41) is 6.01. The Morgan fingerprint density at radius 2 is 1.96 bits per heavy atom. The van der Waals surface area contributed by atoms with Crippen molar-refractivity contribution in [2.45, 2.75) is 6.92 Å². The van der Waals surface area contributed by atoms with Gasteiger partial charge in [0, 0.05) is 12.2 Å². The summed E-state index contributed by atoms with van der Waals surface area (Å²) in [4.78, 5) is 16.1. The number of benzene rings is 1. The molecule has 1 aromatic carbocycles. The molecule has 0 saturated heterocycles. The first kappa shape index (κ1) is 19.1. The van der Waals surface area contributed by atoms with Crippen LogP contribution in [0.25, 0.3) is 0 Å². The second-order valence-electron chi connectivity index (χ2n) is 4.85. The Balaban J connectivity index is 1.83. The Kier molecular flexibility index (Phi) is 7.59. The lowest BCUT2D eigenvalue weighted by atomic mass is 10.2. The number of carbonyl (C=O) groups excluding carboxylic acids is 1. The minimum Gasteiger partial charge on any atom is -0.491 e. The average Bonchev–Trinajstić information content (AvgIpc) is 2.61. The van der Waals surface area contributed by atoms with Crippen molar-refractivity contribution in [2.24, 2.45) is 0 Å². The molecule has 132 valence electrons. The van der Waals surface area contributed by atoms with Crippen LogP contribution in [-0.4, -0.2) is 35.8 Å². The zero-order valence-electron chi connectivity index (χ0n) is 13.6. The van der Waals surface area contributed by atoms with Crippen molar-refractivity contribution in [3.05, 3.63) is 53.3 Å². The van der Waals surface area contributed by atoms with Gasteiger partial charge in [-0.25, -0.2) is 4.98 Å². The van der Waals surface area contributed by atoms with Crippen LogP contribution in [0.15, 0.2) is 42.6 Å². The average molecular weight is 380 g/mol. The third-order valence-corrected chi connectivity index (χ3v) is 3.46. The fourth-order valence-corrected chi connectivity index (χ4v) is 2.18. The molecule has 0 radical (unpaired) electrons. The van der Waals surface area contributed by atoms with Gasteiger partial charge in [0.05, 0.1) is 18.5 Å². The van der Waals surface area contributed by atoms with Gasteiger partial charge in [-0.15, -0.1) is 0 Å². The van der Waals surface area contributed by atoms with Gasteiger partial charge < -0.3 is 14.8 Å². The number of nitrogens with zero attached hydrogens (tertiary/aromatic N) is 1. The van der Waals surface area contributed by atoms with E-state index in [1.165, 1.54) is 6.20 Å². The number of carbonyl (C=O) groups is 1. The number of thiocarbonyl (C=S) groups is 1. The molecule has 2 rings (SSSR count). The highest BCUT2D eigenvalue weighted by atomic mass is 35.5. The van der Waals surface area contributed by atoms with E-state index in [2.05, 4.69) is 15.6 Å². The molecule has 1 heterocycles. The molecule has 6 nitrogen and oxygen atoms in total. The van der Waals surface area contributed by atoms with Gasteiger partial charge in [-0.1, -0.05) is 11.6 Å². The second kappa shape index (κ2) is 9.93. The van der Waals surface area contributed by atoms with Crippen LogP contribution in [0.2, 0.25) is 5.15 Å². The van der Waals surface area contributed by atoms with Crippen LogP contribution in [0.5, 0.6) is 5.75 Å². The van der Waals surface area contributed by atoms with E-state index in [0.29, 0.717) is 42.0 Å². The number of ether oxygens (including phenoxy) is 2. The zero-order chi connectivity index (χ0) is 18.1. The number of hydrogen-bond acceptors (Lipinski definition) is 5. The number of amides is 1. The highest BCUT2D eigenvalue weighted by Gasteiger charge is 2.08. The Bertz CT molecular complexity index is 708. The number of halogens is 1. The lowest BCUT2D eigenvalue weighted by molar-refractivity contribution is 0.0977. The monoisotopic (exact) mass is 379 g/mol. The van der Waals surface area contributed by atoms with Crippen molar-refractivity contribution in [1.82, 2.24) is 10.3 Å².